The van der Waals surface area contributed by atoms with Crippen LogP contribution in [0, 0.1) is 5.92 Å². The Labute approximate surface area is 168 Å². The van der Waals surface area contributed by atoms with Gasteiger partial charge in [0.2, 0.25) is 9.70 Å². The first-order chi connectivity index (χ1) is 11.6. The number of halogens is 3. The summed E-state index contributed by atoms with van der Waals surface area (Å²) in [6.07, 6.45) is -0.649. The van der Waals surface area contributed by atoms with Crippen LogP contribution in [0.15, 0.2) is 24.3 Å². The molecule has 0 aromatic heterocycles. The van der Waals surface area contributed by atoms with Gasteiger partial charge in [-0.15, -0.1) is 0 Å². The summed E-state index contributed by atoms with van der Waals surface area (Å²) < 4.78 is 3.61. The number of carbonyl (C=O) groups excluding carboxylic acids is 1. The van der Waals surface area contributed by atoms with E-state index in [-0.39, 0.29) is 16.9 Å². The highest BCUT2D eigenvalue weighted by molar-refractivity contribution is 7.80. The van der Waals surface area contributed by atoms with E-state index in [0.717, 1.165) is 11.4 Å². The number of benzene rings is 1. The summed E-state index contributed by atoms with van der Waals surface area (Å²) in [7, 11) is 0. The van der Waals surface area contributed by atoms with Gasteiger partial charge >= 0.3 is 0 Å². The third-order valence-electron chi connectivity index (χ3n) is 2.92. The second-order valence-corrected chi connectivity index (χ2v) is 8.47. The van der Waals surface area contributed by atoms with Gasteiger partial charge in [0.15, 0.2) is 5.11 Å². The molecule has 5 nitrogen and oxygen atoms in total. The molecule has 1 atom stereocenters. The zero-order valence-corrected chi connectivity index (χ0v) is 17.3. The number of hydrogen-bond acceptors (Lipinski definition) is 3. The number of hydrogen-bond donors (Lipinski definition) is 3. The molecule has 0 saturated carbocycles. The highest BCUT2D eigenvalue weighted by atomic mass is 35.6. The minimum absolute atomic E-state index is 0.185. The summed E-state index contributed by atoms with van der Waals surface area (Å²) in [6.45, 7) is 6.36. The molecular weight excluding hydrogens is 405 g/mol. The Morgan fingerprint density at radius 2 is 1.80 bits per heavy atom. The lowest BCUT2D eigenvalue weighted by atomic mass is 10.1. The van der Waals surface area contributed by atoms with E-state index in [1.165, 1.54) is 0 Å². The van der Waals surface area contributed by atoms with Crippen LogP contribution in [0.3, 0.4) is 0 Å². The molecule has 1 aromatic rings. The van der Waals surface area contributed by atoms with Crippen LogP contribution in [0.4, 0.5) is 5.69 Å². The molecule has 9 heteroatoms. The van der Waals surface area contributed by atoms with Crippen LogP contribution in [0.25, 0.3) is 0 Å². The van der Waals surface area contributed by atoms with Gasteiger partial charge in [-0.1, -0.05) is 48.7 Å². The Balaban J connectivity index is 2.66. The predicted octanol–water partition coefficient (Wildman–Crippen LogP) is 4.23. The topological polar surface area (TPSA) is 62.4 Å². The van der Waals surface area contributed by atoms with Gasteiger partial charge in [0.1, 0.15) is 11.9 Å². The van der Waals surface area contributed by atoms with Gasteiger partial charge in [-0.25, -0.2) is 0 Å². The van der Waals surface area contributed by atoms with Crippen LogP contribution in [-0.4, -0.2) is 27.6 Å². The fourth-order valence-electron chi connectivity index (χ4n) is 1.89. The monoisotopic (exact) mass is 425 g/mol. The Hall–Kier alpha value is -0.950. The lowest BCUT2D eigenvalue weighted by molar-refractivity contribution is -0.122. The van der Waals surface area contributed by atoms with Gasteiger partial charge < -0.3 is 20.7 Å². The number of rotatable bonds is 7. The summed E-state index contributed by atoms with van der Waals surface area (Å²) >= 11 is 23.0. The fraction of sp³-hybridized carbons (Fsp3) is 0.500. The number of thiocarbonyl (C=S) groups is 1. The maximum Gasteiger partial charge on any atom is 0.228 e. The number of ether oxygens (including phenoxy) is 1. The molecular formula is C16H22Cl3N3O2S. The van der Waals surface area contributed by atoms with Crippen molar-refractivity contribution in [3.05, 3.63) is 24.3 Å². The first kappa shape index (κ1) is 22.1. The zero-order chi connectivity index (χ0) is 19.0. The van der Waals surface area contributed by atoms with Crippen LogP contribution in [0.1, 0.15) is 27.2 Å². The molecule has 25 heavy (non-hydrogen) atoms. The highest BCUT2D eigenvalue weighted by Crippen LogP contribution is 2.29. The van der Waals surface area contributed by atoms with Crippen molar-refractivity contribution in [1.82, 2.24) is 10.6 Å². The molecule has 1 aromatic carbocycles. The van der Waals surface area contributed by atoms with E-state index >= 15 is 0 Å². The number of carbonyl (C=O) groups is 1. The van der Waals surface area contributed by atoms with E-state index < -0.39 is 9.96 Å². The van der Waals surface area contributed by atoms with E-state index in [2.05, 4.69) is 16.0 Å². The van der Waals surface area contributed by atoms with Gasteiger partial charge in [-0.2, -0.15) is 0 Å². The average molecular weight is 427 g/mol. The Kier molecular flexibility index (Phi) is 9.07. The van der Waals surface area contributed by atoms with Crippen molar-refractivity contribution in [3.63, 3.8) is 0 Å². The van der Waals surface area contributed by atoms with Crippen molar-refractivity contribution in [2.75, 3.05) is 11.9 Å². The molecule has 0 heterocycles. The van der Waals surface area contributed by atoms with Crippen molar-refractivity contribution >= 4 is 63.7 Å². The molecule has 0 aliphatic heterocycles. The maximum absolute atomic E-state index is 11.9. The fourth-order valence-corrected chi connectivity index (χ4v) is 2.45. The van der Waals surface area contributed by atoms with Gasteiger partial charge in [0, 0.05) is 12.1 Å². The SMILES string of the molecule is CCOc1ccc(NC(=S)N[C@H](NC(=O)CC(C)C)C(Cl)(Cl)Cl)cc1. The predicted molar refractivity (Wildman–Crippen MR) is 109 cm³/mol. The van der Waals surface area contributed by atoms with Crippen molar-refractivity contribution in [2.45, 2.75) is 37.2 Å². The molecule has 0 radical (unpaired) electrons. The molecule has 1 rings (SSSR count). The first-order valence-electron chi connectivity index (χ1n) is 7.78. The lowest BCUT2D eigenvalue weighted by Gasteiger charge is -2.28. The van der Waals surface area contributed by atoms with Crippen LogP contribution in [0.2, 0.25) is 0 Å². The Bertz CT molecular complexity index is 577. The quantitative estimate of drug-likeness (QED) is 0.346. The van der Waals surface area contributed by atoms with Crippen LogP contribution in [0.5, 0.6) is 5.75 Å². The summed E-state index contributed by atoms with van der Waals surface area (Å²) in [4.78, 5) is 11.9. The minimum Gasteiger partial charge on any atom is -0.494 e. The summed E-state index contributed by atoms with van der Waals surface area (Å²) in [6, 6.07) is 7.23. The Morgan fingerprint density at radius 1 is 1.20 bits per heavy atom. The summed E-state index contributed by atoms with van der Waals surface area (Å²) in [5.74, 6) is 0.708. The molecule has 3 N–H and O–H groups in total. The molecule has 1 amide bonds. The van der Waals surface area contributed by atoms with Gasteiger partial charge in [-0.05, 0) is 49.3 Å². The summed E-state index contributed by atoms with van der Waals surface area (Å²) in [5, 5.41) is 8.63. The van der Waals surface area contributed by atoms with E-state index in [9.17, 15) is 4.79 Å². The van der Waals surface area contributed by atoms with Gasteiger partial charge in [0.05, 0.1) is 6.61 Å². The normalized spacial score (nSPS) is 12.4. The largest absolute Gasteiger partial charge is 0.494 e. The van der Waals surface area contributed by atoms with E-state index in [0.29, 0.717) is 13.0 Å². The Morgan fingerprint density at radius 3 is 2.28 bits per heavy atom. The molecule has 0 aliphatic rings. The molecule has 140 valence electrons. The van der Waals surface area contributed by atoms with Crippen molar-refractivity contribution in [3.8, 4) is 5.75 Å². The van der Waals surface area contributed by atoms with Crippen molar-refractivity contribution < 1.29 is 9.53 Å². The molecule has 0 saturated heterocycles. The van der Waals surface area contributed by atoms with Crippen molar-refractivity contribution in [2.24, 2.45) is 5.92 Å². The van der Waals surface area contributed by atoms with Crippen LogP contribution >= 0.6 is 47.0 Å². The van der Waals surface area contributed by atoms with Gasteiger partial charge in [-0.3, -0.25) is 4.79 Å². The minimum atomic E-state index is -1.77. The number of amides is 1. The van der Waals surface area contributed by atoms with Crippen LogP contribution < -0.4 is 20.7 Å². The van der Waals surface area contributed by atoms with Crippen molar-refractivity contribution in [1.29, 1.82) is 0 Å². The third-order valence-corrected chi connectivity index (χ3v) is 3.80. The lowest BCUT2D eigenvalue weighted by Crippen LogP contribution is -2.56. The second kappa shape index (κ2) is 10.3. The molecule has 0 fully saturated rings. The van der Waals surface area contributed by atoms with Crippen LogP contribution in [-0.2, 0) is 4.79 Å². The zero-order valence-electron chi connectivity index (χ0n) is 14.2. The molecule has 0 unspecified atom stereocenters. The third kappa shape index (κ3) is 8.81. The molecule has 0 bridgehead atoms. The van der Waals surface area contributed by atoms with E-state index in [1.807, 2.05) is 32.9 Å². The maximum atomic E-state index is 11.9. The van der Waals surface area contributed by atoms with E-state index in [4.69, 9.17) is 51.8 Å². The number of anilines is 1. The number of nitrogens with one attached hydrogen (secondary N) is 3. The van der Waals surface area contributed by atoms with E-state index in [1.54, 1.807) is 12.1 Å². The average Bonchev–Trinajstić information content (AvgIpc) is 2.47. The molecule has 0 aliphatic carbocycles. The standard InChI is InChI=1S/C16H22Cl3N3O2S/c1-4-24-12-7-5-11(6-8-12)20-15(25)22-14(16(17,18)19)21-13(23)9-10(2)3/h5-8,10,14H,4,9H2,1-3H3,(H,21,23)(H2,20,22,25)/t14-/m0/s1. The molecule has 0 spiro atoms. The summed E-state index contributed by atoms with van der Waals surface area (Å²) in [5.41, 5.74) is 0.734. The number of alkyl halides is 3. The smallest absolute Gasteiger partial charge is 0.228 e. The second-order valence-electron chi connectivity index (χ2n) is 5.70. The first-order valence-corrected chi connectivity index (χ1v) is 9.32. The highest BCUT2D eigenvalue weighted by Gasteiger charge is 2.34. The van der Waals surface area contributed by atoms with Gasteiger partial charge in [0.25, 0.3) is 0 Å².